The normalized spacial score (nSPS) is 10.5. The van der Waals surface area contributed by atoms with Gasteiger partial charge in [0.25, 0.3) is 5.91 Å². The third-order valence-electron chi connectivity index (χ3n) is 3.82. The van der Waals surface area contributed by atoms with Crippen LogP contribution >= 0.6 is 0 Å². The van der Waals surface area contributed by atoms with Gasteiger partial charge in [0.2, 0.25) is 5.95 Å². The van der Waals surface area contributed by atoms with Crippen LogP contribution in [0.25, 0.3) is 0 Å². The number of nitrogens with zero attached hydrogens (tertiary/aromatic N) is 2. The highest BCUT2D eigenvalue weighted by Gasteiger charge is 2.11. The smallest absolute Gasteiger partial charge is 0.274 e. The summed E-state index contributed by atoms with van der Waals surface area (Å²) in [6, 6.07) is 13.6. The number of hydrogen-bond acceptors (Lipinski definition) is 4. The summed E-state index contributed by atoms with van der Waals surface area (Å²) in [5.74, 6) is -0.782. The molecule has 2 aromatic carbocycles. The number of anilines is 2. The Kier molecular flexibility index (Phi) is 5.71. The molecule has 3 aromatic rings. The van der Waals surface area contributed by atoms with E-state index in [0.29, 0.717) is 29.9 Å². The van der Waals surface area contributed by atoms with Crippen molar-refractivity contribution in [3.63, 3.8) is 0 Å². The number of amides is 1. The van der Waals surface area contributed by atoms with Crippen LogP contribution < -0.4 is 10.6 Å². The number of aromatic nitrogens is 2. The van der Waals surface area contributed by atoms with Gasteiger partial charge in [0.1, 0.15) is 17.3 Å². The van der Waals surface area contributed by atoms with E-state index in [-0.39, 0.29) is 23.3 Å². The standard InChI is InChI=1S/C20H18F2N4O/c1-13-12-18(19(27)25-16-8-6-15(21)7-9-16)26-20(24-13)23-11-10-14-4-2-3-5-17(14)22/h2-9,12H,10-11H2,1H3,(H,25,27)(H,23,24,26). The van der Waals surface area contributed by atoms with E-state index >= 15 is 0 Å². The molecule has 27 heavy (non-hydrogen) atoms. The van der Waals surface area contributed by atoms with Gasteiger partial charge in [-0.25, -0.2) is 18.7 Å². The Hall–Kier alpha value is -3.35. The molecule has 0 aliphatic rings. The summed E-state index contributed by atoms with van der Waals surface area (Å²) in [5.41, 5.74) is 1.85. The highest BCUT2D eigenvalue weighted by molar-refractivity contribution is 6.03. The van der Waals surface area contributed by atoms with Crippen LogP contribution in [0.3, 0.4) is 0 Å². The van der Waals surface area contributed by atoms with Gasteiger partial charge < -0.3 is 10.6 Å². The molecule has 0 saturated carbocycles. The molecule has 7 heteroatoms. The van der Waals surface area contributed by atoms with E-state index in [1.54, 1.807) is 31.2 Å². The summed E-state index contributed by atoms with van der Waals surface area (Å²) in [7, 11) is 0. The van der Waals surface area contributed by atoms with Gasteiger partial charge in [-0.15, -0.1) is 0 Å². The van der Waals surface area contributed by atoms with Crippen molar-refractivity contribution in [3.8, 4) is 0 Å². The Balaban J connectivity index is 1.65. The summed E-state index contributed by atoms with van der Waals surface area (Å²) in [4.78, 5) is 20.8. The van der Waals surface area contributed by atoms with Crippen LogP contribution in [0.15, 0.2) is 54.6 Å². The zero-order valence-corrected chi connectivity index (χ0v) is 14.7. The molecule has 0 spiro atoms. The molecule has 3 rings (SSSR count). The highest BCUT2D eigenvalue weighted by atomic mass is 19.1. The van der Waals surface area contributed by atoms with E-state index in [2.05, 4.69) is 20.6 Å². The number of aryl methyl sites for hydroxylation is 1. The molecular weight excluding hydrogens is 350 g/mol. The van der Waals surface area contributed by atoms with E-state index < -0.39 is 5.91 Å². The monoisotopic (exact) mass is 368 g/mol. The SMILES string of the molecule is Cc1cc(C(=O)Nc2ccc(F)cc2)nc(NCCc2ccccc2F)n1. The quantitative estimate of drug-likeness (QED) is 0.691. The molecule has 0 saturated heterocycles. The Morgan fingerprint density at radius 3 is 2.52 bits per heavy atom. The highest BCUT2D eigenvalue weighted by Crippen LogP contribution is 2.12. The van der Waals surface area contributed by atoms with Crippen LogP contribution in [0, 0.1) is 18.6 Å². The minimum atomic E-state index is -0.427. The third kappa shape index (κ3) is 5.07. The number of carbonyl (C=O) groups excluding carboxylic acids is 1. The van der Waals surface area contributed by atoms with E-state index in [1.807, 2.05) is 0 Å². The van der Waals surface area contributed by atoms with E-state index in [4.69, 9.17) is 0 Å². The molecule has 138 valence electrons. The molecule has 0 aliphatic heterocycles. The van der Waals surface area contributed by atoms with Crippen molar-refractivity contribution in [1.29, 1.82) is 0 Å². The van der Waals surface area contributed by atoms with E-state index in [1.165, 1.54) is 30.3 Å². The number of nitrogens with one attached hydrogen (secondary N) is 2. The fourth-order valence-electron chi connectivity index (χ4n) is 2.50. The average molecular weight is 368 g/mol. The van der Waals surface area contributed by atoms with Crippen LogP contribution in [0.2, 0.25) is 0 Å². The maximum absolute atomic E-state index is 13.6. The predicted octanol–water partition coefficient (Wildman–Crippen LogP) is 3.97. The minimum Gasteiger partial charge on any atom is -0.354 e. The fourth-order valence-corrected chi connectivity index (χ4v) is 2.50. The summed E-state index contributed by atoms with van der Waals surface area (Å²) < 4.78 is 26.6. The second-order valence-corrected chi connectivity index (χ2v) is 5.95. The summed E-state index contributed by atoms with van der Waals surface area (Å²) >= 11 is 0. The van der Waals surface area contributed by atoms with Gasteiger partial charge in [-0.05, 0) is 55.3 Å². The maximum Gasteiger partial charge on any atom is 0.274 e. The second kappa shape index (κ2) is 8.35. The minimum absolute atomic E-state index is 0.181. The lowest BCUT2D eigenvalue weighted by atomic mass is 10.1. The van der Waals surface area contributed by atoms with Gasteiger partial charge in [0.15, 0.2) is 0 Å². The molecule has 1 amide bonds. The number of rotatable bonds is 6. The van der Waals surface area contributed by atoms with Crippen LogP contribution in [-0.2, 0) is 6.42 Å². The first-order valence-electron chi connectivity index (χ1n) is 8.41. The summed E-state index contributed by atoms with van der Waals surface area (Å²) in [6.45, 7) is 2.17. The zero-order chi connectivity index (χ0) is 19.2. The van der Waals surface area contributed by atoms with Crippen LogP contribution in [-0.4, -0.2) is 22.4 Å². The Labute approximate surface area is 155 Å². The predicted molar refractivity (Wildman–Crippen MR) is 99.7 cm³/mol. The van der Waals surface area contributed by atoms with Gasteiger partial charge in [-0.3, -0.25) is 4.79 Å². The lowest BCUT2D eigenvalue weighted by Crippen LogP contribution is -2.17. The first-order chi connectivity index (χ1) is 13.0. The lowest BCUT2D eigenvalue weighted by Gasteiger charge is -2.09. The topological polar surface area (TPSA) is 66.9 Å². The van der Waals surface area contributed by atoms with Crippen LogP contribution in [0.5, 0.6) is 0 Å². The first-order valence-corrected chi connectivity index (χ1v) is 8.41. The Bertz CT molecular complexity index is 945. The van der Waals surface area contributed by atoms with Crippen molar-refractivity contribution in [3.05, 3.63) is 83.2 Å². The van der Waals surface area contributed by atoms with E-state index in [0.717, 1.165) is 0 Å². The van der Waals surface area contributed by atoms with Gasteiger partial charge in [0, 0.05) is 17.9 Å². The van der Waals surface area contributed by atoms with Crippen molar-refractivity contribution >= 4 is 17.5 Å². The van der Waals surface area contributed by atoms with Crippen molar-refractivity contribution in [2.75, 3.05) is 17.2 Å². The molecule has 1 heterocycles. The van der Waals surface area contributed by atoms with Crippen LogP contribution in [0.4, 0.5) is 20.4 Å². The van der Waals surface area contributed by atoms with Crippen molar-refractivity contribution in [2.45, 2.75) is 13.3 Å². The van der Waals surface area contributed by atoms with Gasteiger partial charge in [-0.1, -0.05) is 18.2 Å². The average Bonchev–Trinajstić information content (AvgIpc) is 2.65. The first kappa shape index (κ1) is 18.4. The molecule has 2 N–H and O–H groups in total. The summed E-state index contributed by atoms with van der Waals surface area (Å²) in [6.07, 6.45) is 0.459. The number of benzene rings is 2. The van der Waals surface area contributed by atoms with Crippen molar-refractivity contribution in [1.82, 2.24) is 9.97 Å². The Morgan fingerprint density at radius 1 is 1.04 bits per heavy atom. The van der Waals surface area contributed by atoms with Crippen molar-refractivity contribution < 1.29 is 13.6 Å². The fraction of sp³-hybridized carbons (Fsp3) is 0.150. The number of hydrogen-bond donors (Lipinski definition) is 2. The second-order valence-electron chi connectivity index (χ2n) is 5.95. The molecule has 0 unspecified atom stereocenters. The molecule has 5 nitrogen and oxygen atoms in total. The molecule has 0 aliphatic carbocycles. The zero-order valence-electron chi connectivity index (χ0n) is 14.7. The maximum atomic E-state index is 13.6. The third-order valence-corrected chi connectivity index (χ3v) is 3.82. The van der Waals surface area contributed by atoms with Gasteiger partial charge in [0.05, 0.1) is 0 Å². The molecule has 0 atom stereocenters. The largest absolute Gasteiger partial charge is 0.354 e. The number of halogens is 2. The molecular formula is C20H18F2N4O. The van der Waals surface area contributed by atoms with Crippen LogP contribution in [0.1, 0.15) is 21.7 Å². The summed E-state index contributed by atoms with van der Waals surface area (Å²) in [5, 5.41) is 5.67. The van der Waals surface area contributed by atoms with E-state index in [9.17, 15) is 13.6 Å². The lowest BCUT2D eigenvalue weighted by molar-refractivity contribution is 0.102. The molecule has 0 bridgehead atoms. The van der Waals surface area contributed by atoms with Gasteiger partial charge in [-0.2, -0.15) is 0 Å². The molecule has 1 aromatic heterocycles. The van der Waals surface area contributed by atoms with Crippen molar-refractivity contribution in [2.24, 2.45) is 0 Å². The molecule has 0 radical (unpaired) electrons. The molecule has 0 fully saturated rings. The Morgan fingerprint density at radius 2 is 1.78 bits per heavy atom. The number of carbonyl (C=O) groups is 1. The van der Waals surface area contributed by atoms with Gasteiger partial charge >= 0.3 is 0 Å².